The molecule has 0 fully saturated rings. The van der Waals surface area contributed by atoms with Gasteiger partial charge < -0.3 is 13.9 Å². The summed E-state index contributed by atoms with van der Waals surface area (Å²) in [5.74, 6) is 0.270. The Hall–Kier alpha value is -2.82. The van der Waals surface area contributed by atoms with Gasteiger partial charge in [-0.3, -0.25) is 9.59 Å². The van der Waals surface area contributed by atoms with Crippen molar-refractivity contribution in [3.8, 4) is 5.75 Å². The highest BCUT2D eigenvalue weighted by Crippen LogP contribution is 2.23. The van der Waals surface area contributed by atoms with Crippen LogP contribution in [-0.4, -0.2) is 20.2 Å². The Morgan fingerprint density at radius 2 is 1.86 bits per heavy atom. The maximum Gasteiger partial charge on any atom is 0.309 e. The van der Waals surface area contributed by atoms with Crippen LogP contribution in [0, 0.1) is 0 Å². The van der Waals surface area contributed by atoms with Crippen molar-refractivity contribution < 1.29 is 18.7 Å². The van der Waals surface area contributed by atoms with Gasteiger partial charge in [-0.1, -0.05) is 6.07 Å². The maximum atomic E-state index is 12.6. The van der Waals surface area contributed by atoms with Crippen molar-refractivity contribution in [2.75, 3.05) is 14.2 Å². The number of fused-ring (bicyclic) bond motifs is 2. The van der Waals surface area contributed by atoms with Crippen LogP contribution < -0.4 is 10.2 Å². The molecule has 0 radical (unpaired) electrons. The second-order valence-corrected chi connectivity index (χ2v) is 4.88. The Bertz CT molecular complexity index is 923. The number of methoxy groups -OCH3 is 2. The SMILES string of the molecule is COC(=O)Cc1ccc2oc3cc(OC)ccc3c(=O)c2c1. The van der Waals surface area contributed by atoms with Crippen LogP contribution in [0.3, 0.4) is 0 Å². The summed E-state index contributed by atoms with van der Waals surface area (Å²) in [6, 6.07) is 10.2. The molecule has 0 N–H and O–H groups in total. The number of esters is 1. The van der Waals surface area contributed by atoms with E-state index in [0.717, 1.165) is 0 Å². The molecular formula is C17H14O5. The number of rotatable bonds is 3. The number of carbonyl (C=O) groups excluding carboxylic acids is 1. The average molecular weight is 298 g/mol. The third-order valence-electron chi connectivity index (χ3n) is 3.52. The number of hydrogen-bond donors (Lipinski definition) is 0. The molecule has 2 aromatic carbocycles. The van der Waals surface area contributed by atoms with Crippen LogP contribution in [0.4, 0.5) is 0 Å². The minimum atomic E-state index is -0.353. The van der Waals surface area contributed by atoms with Crippen LogP contribution >= 0.6 is 0 Å². The lowest BCUT2D eigenvalue weighted by atomic mass is 10.1. The minimum absolute atomic E-state index is 0.118. The largest absolute Gasteiger partial charge is 0.497 e. The molecule has 0 aliphatic carbocycles. The number of carbonyl (C=O) groups is 1. The van der Waals surface area contributed by atoms with E-state index in [2.05, 4.69) is 4.74 Å². The first-order valence-electron chi connectivity index (χ1n) is 6.72. The van der Waals surface area contributed by atoms with Crippen LogP contribution in [0.15, 0.2) is 45.6 Å². The maximum absolute atomic E-state index is 12.6. The van der Waals surface area contributed by atoms with Crippen molar-refractivity contribution in [1.82, 2.24) is 0 Å². The first kappa shape index (κ1) is 14.1. The summed E-state index contributed by atoms with van der Waals surface area (Å²) in [7, 11) is 2.89. The molecule has 0 aliphatic heterocycles. The zero-order chi connectivity index (χ0) is 15.7. The molecule has 3 rings (SSSR count). The van der Waals surface area contributed by atoms with Gasteiger partial charge in [-0.15, -0.1) is 0 Å². The summed E-state index contributed by atoms with van der Waals surface area (Å²) in [5, 5.41) is 0.919. The van der Waals surface area contributed by atoms with Gasteiger partial charge in [-0.2, -0.15) is 0 Å². The number of hydrogen-bond acceptors (Lipinski definition) is 5. The van der Waals surface area contributed by atoms with Crippen molar-refractivity contribution in [3.05, 3.63) is 52.2 Å². The summed E-state index contributed by atoms with van der Waals surface area (Å²) in [4.78, 5) is 23.9. The Kier molecular flexibility index (Phi) is 3.55. The van der Waals surface area contributed by atoms with E-state index in [4.69, 9.17) is 9.15 Å². The predicted octanol–water partition coefficient (Wildman–Crippen LogP) is 2.67. The summed E-state index contributed by atoms with van der Waals surface area (Å²) in [6.07, 6.45) is 0.118. The fourth-order valence-corrected chi connectivity index (χ4v) is 2.36. The normalized spacial score (nSPS) is 10.8. The lowest BCUT2D eigenvalue weighted by molar-refractivity contribution is -0.139. The summed E-state index contributed by atoms with van der Waals surface area (Å²) < 4.78 is 15.5. The van der Waals surface area contributed by atoms with Crippen LogP contribution in [0.25, 0.3) is 21.9 Å². The Morgan fingerprint density at radius 1 is 1.05 bits per heavy atom. The van der Waals surface area contributed by atoms with Gasteiger partial charge in [-0.25, -0.2) is 0 Å². The van der Waals surface area contributed by atoms with Crippen LogP contribution in [0.5, 0.6) is 5.75 Å². The van der Waals surface area contributed by atoms with E-state index in [1.54, 1.807) is 43.5 Å². The molecule has 0 spiro atoms. The van der Waals surface area contributed by atoms with Gasteiger partial charge in [0, 0.05) is 6.07 Å². The highest BCUT2D eigenvalue weighted by molar-refractivity contribution is 5.91. The molecule has 0 unspecified atom stereocenters. The van der Waals surface area contributed by atoms with Crippen LogP contribution in [-0.2, 0) is 16.0 Å². The van der Waals surface area contributed by atoms with Crippen LogP contribution in [0.2, 0.25) is 0 Å². The summed E-state index contributed by atoms with van der Waals surface area (Å²) in [6.45, 7) is 0. The molecule has 0 saturated carbocycles. The molecule has 1 heterocycles. The molecule has 0 atom stereocenters. The molecule has 5 nitrogen and oxygen atoms in total. The first-order valence-corrected chi connectivity index (χ1v) is 6.72. The standard InChI is InChI=1S/C17H14O5/c1-20-11-4-5-12-15(9-11)22-14-6-3-10(8-16(18)21-2)7-13(14)17(12)19/h3-7,9H,8H2,1-2H3. The zero-order valence-corrected chi connectivity index (χ0v) is 12.2. The van der Waals surface area contributed by atoms with E-state index in [-0.39, 0.29) is 17.8 Å². The van der Waals surface area contributed by atoms with E-state index in [9.17, 15) is 9.59 Å². The van der Waals surface area contributed by atoms with E-state index in [1.807, 2.05) is 0 Å². The molecule has 0 bridgehead atoms. The number of benzene rings is 2. The first-order chi connectivity index (χ1) is 10.6. The van der Waals surface area contributed by atoms with Crippen molar-refractivity contribution in [2.24, 2.45) is 0 Å². The fourth-order valence-electron chi connectivity index (χ4n) is 2.36. The second kappa shape index (κ2) is 5.52. The van der Waals surface area contributed by atoms with E-state index >= 15 is 0 Å². The Balaban J connectivity index is 2.20. The lowest BCUT2D eigenvalue weighted by Crippen LogP contribution is -2.06. The van der Waals surface area contributed by atoms with Gasteiger partial charge in [0.15, 0.2) is 0 Å². The van der Waals surface area contributed by atoms with Gasteiger partial charge in [0.1, 0.15) is 16.9 Å². The monoisotopic (exact) mass is 298 g/mol. The van der Waals surface area contributed by atoms with Crippen LogP contribution in [0.1, 0.15) is 5.56 Å². The highest BCUT2D eigenvalue weighted by Gasteiger charge is 2.11. The smallest absolute Gasteiger partial charge is 0.309 e. The van der Waals surface area contributed by atoms with Crippen molar-refractivity contribution in [2.45, 2.75) is 6.42 Å². The van der Waals surface area contributed by atoms with Gasteiger partial charge in [-0.05, 0) is 29.8 Å². The van der Waals surface area contributed by atoms with Gasteiger partial charge in [0.2, 0.25) is 5.43 Å². The van der Waals surface area contributed by atoms with Gasteiger partial charge in [0.25, 0.3) is 0 Å². The van der Waals surface area contributed by atoms with Crippen molar-refractivity contribution in [1.29, 1.82) is 0 Å². The molecule has 22 heavy (non-hydrogen) atoms. The zero-order valence-electron chi connectivity index (χ0n) is 12.2. The molecule has 3 aromatic rings. The Labute approximate surface area is 126 Å². The second-order valence-electron chi connectivity index (χ2n) is 4.88. The molecule has 1 aromatic heterocycles. The van der Waals surface area contributed by atoms with E-state index in [1.165, 1.54) is 7.11 Å². The molecule has 0 amide bonds. The number of ether oxygens (including phenoxy) is 2. The summed E-state index contributed by atoms with van der Waals surface area (Å²) >= 11 is 0. The van der Waals surface area contributed by atoms with Crippen molar-refractivity contribution >= 4 is 27.9 Å². The highest BCUT2D eigenvalue weighted by atomic mass is 16.5. The van der Waals surface area contributed by atoms with Gasteiger partial charge >= 0.3 is 5.97 Å². The minimum Gasteiger partial charge on any atom is -0.497 e. The fraction of sp³-hybridized carbons (Fsp3) is 0.176. The van der Waals surface area contributed by atoms with E-state index < -0.39 is 0 Å². The lowest BCUT2D eigenvalue weighted by Gasteiger charge is -2.05. The molecule has 0 aliphatic rings. The molecule has 5 heteroatoms. The quantitative estimate of drug-likeness (QED) is 0.549. The third kappa shape index (κ3) is 2.41. The van der Waals surface area contributed by atoms with Gasteiger partial charge in [0.05, 0.1) is 31.4 Å². The summed E-state index contributed by atoms with van der Waals surface area (Å²) in [5.41, 5.74) is 1.52. The third-order valence-corrected chi connectivity index (χ3v) is 3.52. The topological polar surface area (TPSA) is 65.7 Å². The van der Waals surface area contributed by atoms with E-state index in [0.29, 0.717) is 33.3 Å². The molecule has 0 saturated heterocycles. The molecular weight excluding hydrogens is 284 g/mol. The Morgan fingerprint density at radius 3 is 2.59 bits per heavy atom. The predicted molar refractivity (Wildman–Crippen MR) is 82.3 cm³/mol. The average Bonchev–Trinajstić information content (AvgIpc) is 2.55. The molecule has 112 valence electrons. The van der Waals surface area contributed by atoms with Crippen molar-refractivity contribution in [3.63, 3.8) is 0 Å².